The number of aromatic nitrogens is 6. The first-order valence-corrected chi connectivity index (χ1v) is 10.9. The van der Waals surface area contributed by atoms with Gasteiger partial charge in [-0.2, -0.15) is 5.10 Å². The minimum absolute atomic E-state index is 0.00261. The molecule has 0 saturated heterocycles. The van der Waals surface area contributed by atoms with E-state index in [1.165, 1.54) is 5.57 Å². The molecule has 0 amide bonds. The molecule has 33 heavy (non-hydrogen) atoms. The van der Waals surface area contributed by atoms with E-state index in [1.807, 2.05) is 30.3 Å². The van der Waals surface area contributed by atoms with Gasteiger partial charge in [0, 0.05) is 40.6 Å². The van der Waals surface area contributed by atoms with Crippen LogP contribution >= 0.6 is 0 Å². The second-order valence-electron chi connectivity index (χ2n) is 8.27. The number of hydrogen-bond acceptors (Lipinski definition) is 6. The number of rotatable bonds is 5. The molecule has 1 unspecified atom stereocenters. The second-order valence-corrected chi connectivity index (χ2v) is 8.27. The van der Waals surface area contributed by atoms with Gasteiger partial charge in [-0.05, 0) is 61.2 Å². The molecule has 0 spiro atoms. The maximum atomic E-state index is 12.8. The van der Waals surface area contributed by atoms with Crippen LogP contribution in [-0.4, -0.2) is 35.9 Å². The van der Waals surface area contributed by atoms with Crippen LogP contribution in [0.4, 0.5) is 11.5 Å². The number of H-pyrrole nitrogens is 2. The summed E-state index contributed by atoms with van der Waals surface area (Å²) in [4.78, 5) is 29.1. The molecule has 4 heterocycles. The number of carbonyl (C=O) groups is 1. The van der Waals surface area contributed by atoms with Gasteiger partial charge in [-0.15, -0.1) is 0 Å². The summed E-state index contributed by atoms with van der Waals surface area (Å²) < 4.78 is 0. The number of allylic oxidation sites excluding steroid dienone is 2. The molecule has 0 aliphatic heterocycles. The van der Waals surface area contributed by atoms with E-state index in [1.54, 1.807) is 24.9 Å². The summed E-state index contributed by atoms with van der Waals surface area (Å²) in [6.45, 7) is 0. The molecule has 3 N–H and O–H groups in total. The lowest BCUT2D eigenvalue weighted by Gasteiger charge is -2.20. The Morgan fingerprint density at radius 2 is 2.09 bits per heavy atom. The summed E-state index contributed by atoms with van der Waals surface area (Å²) in [5, 5.41) is 12.4. The SMILES string of the molecule is O=C(c1cccnc1)C1CC=C(c2cc3c(Nc4ccc5[nH]ncc5c4)ncnc3[nH]2)CC1. The fourth-order valence-electron chi connectivity index (χ4n) is 4.43. The van der Waals surface area contributed by atoms with Crippen molar-refractivity contribution in [2.24, 2.45) is 5.92 Å². The van der Waals surface area contributed by atoms with Gasteiger partial charge in [0.1, 0.15) is 17.8 Å². The van der Waals surface area contributed by atoms with E-state index >= 15 is 0 Å². The zero-order chi connectivity index (χ0) is 22.2. The Morgan fingerprint density at radius 1 is 1.12 bits per heavy atom. The predicted molar refractivity (Wildman–Crippen MR) is 127 cm³/mol. The van der Waals surface area contributed by atoms with Crippen LogP contribution in [0.2, 0.25) is 0 Å². The van der Waals surface area contributed by atoms with E-state index in [-0.39, 0.29) is 11.7 Å². The van der Waals surface area contributed by atoms with Gasteiger partial charge < -0.3 is 10.3 Å². The number of carbonyl (C=O) groups excluding carboxylic acids is 1. The van der Waals surface area contributed by atoms with Crippen molar-refractivity contribution >= 4 is 44.8 Å². The summed E-state index contributed by atoms with van der Waals surface area (Å²) in [6, 6.07) is 11.7. The van der Waals surface area contributed by atoms with Crippen molar-refractivity contribution in [1.29, 1.82) is 0 Å². The zero-order valence-electron chi connectivity index (χ0n) is 17.7. The van der Waals surface area contributed by atoms with Crippen molar-refractivity contribution in [2.75, 3.05) is 5.32 Å². The number of benzene rings is 1. The maximum Gasteiger partial charge on any atom is 0.167 e. The van der Waals surface area contributed by atoms with Gasteiger partial charge in [-0.3, -0.25) is 14.9 Å². The molecule has 1 aliphatic rings. The van der Waals surface area contributed by atoms with Crippen molar-refractivity contribution in [2.45, 2.75) is 19.3 Å². The van der Waals surface area contributed by atoms with Crippen LogP contribution in [0.3, 0.4) is 0 Å². The molecule has 0 radical (unpaired) electrons. The summed E-state index contributed by atoms with van der Waals surface area (Å²) in [5.74, 6) is 0.908. The third kappa shape index (κ3) is 3.65. The number of anilines is 2. The molecule has 1 atom stereocenters. The average molecular weight is 435 g/mol. The molecule has 8 nitrogen and oxygen atoms in total. The predicted octanol–water partition coefficient (Wildman–Crippen LogP) is 5.04. The van der Waals surface area contributed by atoms with Crippen LogP contribution in [0, 0.1) is 5.92 Å². The first-order valence-electron chi connectivity index (χ1n) is 10.9. The Labute approximate surface area is 189 Å². The van der Waals surface area contributed by atoms with Gasteiger partial charge in [-0.1, -0.05) is 6.08 Å². The highest BCUT2D eigenvalue weighted by Crippen LogP contribution is 2.34. The highest BCUT2D eigenvalue weighted by atomic mass is 16.1. The molecule has 0 fully saturated rings. The van der Waals surface area contributed by atoms with E-state index in [0.29, 0.717) is 5.56 Å². The van der Waals surface area contributed by atoms with Gasteiger partial charge >= 0.3 is 0 Å². The molecule has 1 aliphatic carbocycles. The van der Waals surface area contributed by atoms with E-state index in [4.69, 9.17) is 0 Å². The van der Waals surface area contributed by atoms with E-state index in [2.05, 4.69) is 47.6 Å². The number of ketones is 1. The quantitative estimate of drug-likeness (QED) is 0.334. The molecule has 1 aromatic carbocycles. The fourth-order valence-corrected chi connectivity index (χ4v) is 4.43. The average Bonchev–Trinajstić information content (AvgIpc) is 3.52. The normalized spacial score (nSPS) is 16.1. The van der Waals surface area contributed by atoms with Gasteiger partial charge in [0.05, 0.1) is 17.1 Å². The van der Waals surface area contributed by atoms with Gasteiger partial charge in [0.2, 0.25) is 0 Å². The monoisotopic (exact) mass is 435 g/mol. The number of nitrogens with one attached hydrogen (secondary N) is 3. The third-order valence-corrected chi connectivity index (χ3v) is 6.20. The Kier molecular flexibility index (Phi) is 4.68. The molecule has 162 valence electrons. The number of aromatic amines is 2. The van der Waals surface area contributed by atoms with E-state index in [9.17, 15) is 4.79 Å². The molecule has 4 aromatic heterocycles. The van der Waals surface area contributed by atoms with Gasteiger partial charge in [0.25, 0.3) is 0 Å². The van der Waals surface area contributed by atoms with Crippen molar-refractivity contribution in [3.05, 3.63) is 78.6 Å². The van der Waals surface area contributed by atoms with Crippen LogP contribution in [0.1, 0.15) is 35.3 Å². The first kappa shape index (κ1) is 19.4. The van der Waals surface area contributed by atoms with Crippen LogP contribution in [0.25, 0.3) is 27.5 Å². The molecular weight excluding hydrogens is 414 g/mol. The number of nitrogens with zero attached hydrogens (tertiary/aromatic N) is 4. The van der Waals surface area contributed by atoms with Gasteiger partial charge in [-0.25, -0.2) is 9.97 Å². The van der Waals surface area contributed by atoms with Crippen molar-refractivity contribution < 1.29 is 4.79 Å². The van der Waals surface area contributed by atoms with E-state index in [0.717, 1.165) is 58.4 Å². The molecule has 5 aromatic rings. The third-order valence-electron chi connectivity index (χ3n) is 6.20. The van der Waals surface area contributed by atoms with Crippen LogP contribution in [0.5, 0.6) is 0 Å². The largest absolute Gasteiger partial charge is 0.340 e. The number of fused-ring (bicyclic) bond motifs is 2. The second kappa shape index (κ2) is 7.98. The molecule has 0 saturated carbocycles. The molecule has 0 bridgehead atoms. The Morgan fingerprint density at radius 3 is 2.94 bits per heavy atom. The zero-order valence-corrected chi connectivity index (χ0v) is 17.7. The summed E-state index contributed by atoms with van der Waals surface area (Å²) >= 11 is 0. The lowest BCUT2D eigenvalue weighted by atomic mass is 9.84. The number of pyridine rings is 1. The van der Waals surface area contributed by atoms with Crippen LogP contribution < -0.4 is 5.32 Å². The van der Waals surface area contributed by atoms with E-state index < -0.39 is 0 Å². The Bertz CT molecular complexity index is 1500. The highest BCUT2D eigenvalue weighted by Gasteiger charge is 2.24. The minimum Gasteiger partial charge on any atom is -0.340 e. The lowest BCUT2D eigenvalue weighted by Crippen LogP contribution is -2.17. The smallest absolute Gasteiger partial charge is 0.167 e. The highest BCUT2D eigenvalue weighted by molar-refractivity contribution is 5.98. The Hall–Kier alpha value is -4.33. The maximum absolute atomic E-state index is 12.8. The summed E-state index contributed by atoms with van der Waals surface area (Å²) in [7, 11) is 0. The van der Waals surface area contributed by atoms with Crippen LogP contribution in [0.15, 0.2) is 67.4 Å². The standard InChI is InChI=1S/C25H21N7O/c33-23(17-2-1-9-26-12-17)16-5-3-15(4-6-16)22-11-20-24(27-14-28-25(20)31-22)30-19-7-8-21-18(10-19)13-29-32-21/h1-3,7-14,16H,4-6H2,(H,29,32)(H2,27,28,30,31). The molecular formula is C25H21N7O. The van der Waals surface area contributed by atoms with Gasteiger partial charge in [0.15, 0.2) is 5.78 Å². The first-order chi connectivity index (χ1) is 16.2. The van der Waals surface area contributed by atoms with Crippen LogP contribution in [-0.2, 0) is 0 Å². The number of Topliss-reactive ketones (excluding diaryl/α,β-unsaturated/α-hetero) is 1. The lowest BCUT2D eigenvalue weighted by molar-refractivity contribution is 0.0913. The fraction of sp³-hybridized carbons (Fsp3) is 0.160. The van der Waals surface area contributed by atoms with Crippen molar-refractivity contribution in [1.82, 2.24) is 30.1 Å². The number of hydrogen-bond donors (Lipinski definition) is 3. The van der Waals surface area contributed by atoms with Crippen molar-refractivity contribution in [3.8, 4) is 0 Å². The summed E-state index contributed by atoms with van der Waals surface area (Å²) in [5.41, 5.74) is 5.60. The Balaban J connectivity index is 1.24. The molecule has 8 heteroatoms. The summed E-state index contributed by atoms with van der Waals surface area (Å²) in [6.07, 6.45) is 11.2. The topological polar surface area (TPSA) is 112 Å². The van der Waals surface area contributed by atoms with Crippen molar-refractivity contribution in [3.63, 3.8) is 0 Å². The minimum atomic E-state index is -0.00261. The molecule has 6 rings (SSSR count).